The summed E-state index contributed by atoms with van der Waals surface area (Å²) in [5, 5.41) is 30.9. The van der Waals surface area contributed by atoms with Gasteiger partial charge >= 0.3 is 6.03 Å². The smallest absolute Gasteiger partial charge is 0.347 e. The summed E-state index contributed by atoms with van der Waals surface area (Å²) in [6.07, 6.45) is -3.78. The van der Waals surface area contributed by atoms with E-state index in [4.69, 9.17) is 15.6 Å². The van der Waals surface area contributed by atoms with Gasteiger partial charge in [-0.2, -0.15) is 0 Å². The Labute approximate surface area is 118 Å². The fraction of sp³-hybridized carbons (Fsp3) is 0.636. The predicted octanol–water partition coefficient (Wildman–Crippen LogP) is -3.35. The van der Waals surface area contributed by atoms with Gasteiger partial charge in [0.05, 0.1) is 6.61 Å². The van der Waals surface area contributed by atoms with E-state index in [2.05, 4.69) is 4.99 Å². The normalized spacial score (nSPS) is 43.0. The van der Waals surface area contributed by atoms with E-state index in [1.165, 1.54) is 6.92 Å². The Hall–Kier alpha value is -1.88. The number of amides is 4. The largest absolute Gasteiger partial charge is 0.394 e. The number of nitrogens with one attached hydrogen (secondary N) is 1. The van der Waals surface area contributed by atoms with Gasteiger partial charge in [-0.15, -0.1) is 0 Å². The SMILES string of the molecule is C[C@@]1(C2(C(N)=O)C=NC(=O)NC2=O)O[C@H](CO)[C@@H](O)[C@H]1O. The number of rotatable bonds is 3. The van der Waals surface area contributed by atoms with E-state index in [0.29, 0.717) is 6.21 Å². The molecular formula is C11H15N3O7. The number of imide groups is 1. The average Bonchev–Trinajstić information content (AvgIpc) is 2.63. The molecule has 0 aromatic carbocycles. The lowest BCUT2D eigenvalue weighted by molar-refractivity contribution is -0.167. The highest BCUT2D eigenvalue weighted by atomic mass is 16.6. The van der Waals surface area contributed by atoms with Crippen LogP contribution in [0.2, 0.25) is 0 Å². The van der Waals surface area contributed by atoms with Crippen LogP contribution in [0.15, 0.2) is 4.99 Å². The number of carbonyl (C=O) groups excluding carboxylic acids is 3. The van der Waals surface area contributed by atoms with E-state index >= 15 is 0 Å². The van der Waals surface area contributed by atoms with E-state index in [1.54, 1.807) is 0 Å². The summed E-state index contributed by atoms with van der Waals surface area (Å²) in [5.41, 5.74) is 0.960. The molecule has 10 nitrogen and oxygen atoms in total. The first-order valence-corrected chi connectivity index (χ1v) is 6.06. The summed E-state index contributed by atoms with van der Waals surface area (Å²) < 4.78 is 5.32. The van der Waals surface area contributed by atoms with Gasteiger partial charge in [0.2, 0.25) is 5.91 Å². The first-order valence-electron chi connectivity index (χ1n) is 6.06. The van der Waals surface area contributed by atoms with E-state index in [-0.39, 0.29) is 0 Å². The average molecular weight is 301 g/mol. The Kier molecular flexibility index (Phi) is 3.58. The molecule has 10 heteroatoms. The summed E-state index contributed by atoms with van der Waals surface area (Å²) in [6.45, 7) is 0.517. The van der Waals surface area contributed by atoms with E-state index in [0.717, 1.165) is 0 Å². The number of ether oxygens (including phenoxy) is 1. The Morgan fingerprint density at radius 3 is 2.57 bits per heavy atom. The third-order valence-corrected chi connectivity index (χ3v) is 3.97. The van der Waals surface area contributed by atoms with Crippen molar-refractivity contribution in [2.24, 2.45) is 16.1 Å². The molecule has 0 saturated carbocycles. The zero-order chi connectivity index (χ0) is 16.0. The maximum atomic E-state index is 12.1. The van der Waals surface area contributed by atoms with Crippen molar-refractivity contribution in [1.29, 1.82) is 0 Å². The molecule has 2 rings (SSSR count). The van der Waals surface area contributed by atoms with Crippen LogP contribution in [-0.4, -0.2) is 69.9 Å². The minimum atomic E-state index is -2.30. The summed E-state index contributed by atoms with van der Waals surface area (Å²) in [7, 11) is 0. The Morgan fingerprint density at radius 2 is 2.14 bits per heavy atom. The quantitative estimate of drug-likeness (QED) is 0.339. The third kappa shape index (κ3) is 1.87. The molecule has 1 saturated heterocycles. The molecule has 0 aliphatic carbocycles. The van der Waals surface area contributed by atoms with Crippen molar-refractivity contribution in [1.82, 2.24) is 5.32 Å². The van der Waals surface area contributed by atoms with Crippen molar-refractivity contribution in [3.8, 4) is 0 Å². The van der Waals surface area contributed by atoms with Gasteiger partial charge in [0.25, 0.3) is 5.91 Å². The van der Waals surface area contributed by atoms with Crippen LogP contribution in [0, 0.1) is 5.41 Å². The molecule has 1 fully saturated rings. The fourth-order valence-corrected chi connectivity index (χ4v) is 2.67. The van der Waals surface area contributed by atoms with Gasteiger partial charge in [0.1, 0.15) is 23.9 Å². The summed E-state index contributed by atoms with van der Waals surface area (Å²) >= 11 is 0. The number of aliphatic hydroxyl groups excluding tert-OH is 3. The molecule has 116 valence electrons. The zero-order valence-electron chi connectivity index (χ0n) is 11.0. The van der Waals surface area contributed by atoms with Gasteiger partial charge in [-0.05, 0) is 6.92 Å². The van der Waals surface area contributed by atoms with Crippen LogP contribution in [0.4, 0.5) is 4.79 Å². The van der Waals surface area contributed by atoms with Crippen molar-refractivity contribution in [3.05, 3.63) is 0 Å². The van der Waals surface area contributed by atoms with Crippen LogP contribution in [0.5, 0.6) is 0 Å². The Balaban J connectivity index is 2.58. The Morgan fingerprint density at radius 1 is 1.52 bits per heavy atom. The van der Waals surface area contributed by atoms with E-state index in [9.17, 15) is 24.6 Å². The molecular weight excluding hydrogens is 286 g/mol. The number of aliphatic hydroxyl groups is 3. The number of hydrogen-bond acceptors (Lipinski definition) is 7. The molecule has 0 aromatic heterocycles. The number of primary amides is 1. The van der Waals surface area contributed by atoms with Crippen molar-refractivity contribution < 1.29 is 34.4 Å². The summed E-state index contributed by atoms with van der Waals surface area (Å²) in [4.78, 5) is 38.4. The maximum Gasteiger partial charge on any atom is 0.347 e. The van der Waals surface area contributed by atoms with Gasteiger partial charge in [-0.3, -0.25) is 14.9 Å². The molecule has 1 unspecified atom stereocenters. The minimum absolute atomic E-state index is 0.652. The van der Waals surface area contributed by atoms with Gasteiger partial charge in [-0.1, -0.05) is 0 Å². The molecule has 21 heavy (non-hydrogen) atoms. The van der Waals surface area contributed by atoms with Crippen molar-refractivity contribution >= 4 is 24.1 Å². The maximum absolute atomic E-state index is 12.1. The highest BCUT2D eigenvalue weighted by Crippen LogP contribution is 2.44. The summed E-state index contributed by atoms with van der Waals surface area (Å²) in [5.74, 6) is -2.34. The number of nitrogens with two attached hydrogens (primary N) is 1. The fourth-order valence-electron chi connectivity index (χ4n) is 2.67. The Bertz CT molecular complexity index is 536. The lowest BCUT2D eigenvalue weighted by atomic mass is 9.68. The van der Waals surface area contributed by atoms with Gasteiger partial charge in [-0.25, -0.2) is 9.79 Å². The molecule has 2 heterocycles. The third-order valence-electron chi connectivity index (χ3n) is 3.97. The van der Waals surface area contributed by atoms with Crippen molar-refractivity contribution in [2.45, 2.75) is 30.8 Å². The molecule has 2 aliphatic rings. The molecule has 0 bridgehead atoms. The second-order valence-electron chi connectivity index (χ2n) is 5.07. The van der Waals surface area contributed by atoms with Crippen molar-refractivity contribution in [3.63, 3.8) is 0 Å². The van der Waals surface area contributed by atoms with Crippen LogP contribution in [0.25, 0.3) is 0 Å². The lowest BCUT2D eigenvalue weighted by Crippen LogP contribution is -2.69. The predicted molar refractivity (Wildman–Crippen MR) is 66.0 cm³/mol. The zero-order valence-corrected chi connectivity index (χ0v) is 11.0. The second-order valence-corrected chi connectivity index (χ2v) is 5.07. The van der Waals surface area contributed by atoms with Gasteiger partial charge < -0.3 is 25.8 Å². The highest BCUT2D eigenvalue weighted by molar-refractivity contribution is 6.25. The minimum Gasteiger partial charge on any atom is -0.394 e. The van der Waals surface area contributed by atoms with Crippen LogP contribution in [0.1, 0.15) is 6.92 Å². The number of nitrogens with zero attached hydrogens (tertiary/aromatic N) is 1. The van der Waals surface area contributed by atoms with E-state index < -0.39 is 53.8 Å². The van der Waals surface area contributed by atoms with Crippen LogP contribution < -0.4 is 11.1 Å². The number of hydrogen-bond donors (Lipinski definition) is 5. The van der Waals surface area contributed by atoms with Crippen molar-refractivity contribution in [2.75, 3.05) is 6.61 Å². The second kappa shape index (κ2) is 4.84. The molecule has 5 atom stereocenters. The molecule has 0 radical (unpaired) electrons. The van der Waals surface area contributed by atoms with Crippen LogP contribution in [-0.2, 0) is 14.3 Å². The van der Waals surface area contributed by atoms with Gasteiger partial charge in [0, 0.05) is 6.21 Å². The highest BCUT2D eigenvalue weighted by Gasteiger charge is 2.68. The molecule has 6 N–H and O–H groups in total. The molecule has 2 aliphatic heterocycles. The molecule has 0 spiro atoms. The van der Waals surface area contributed by atoms with Gasteiger partial charge in [0.15, 0.2) is 5.41 Å². The standard InChI is InChI=1S/C11H15N3O7/c1-10(6(17)5(16)4(2-15)21-10)11(7(12)18)3-13-9(20)14-8(11)19/h3-6,15-17H,2H2,1H3,(H2,12,18)(H,14,19,20)/t4-,5-,6-,10-,11?/m1/s1. The first kappa shape index (κ1) is 15.5. The van der Waals surface area contributed by atoms with Crippen LogP contribution in [0.3, 0.4) is 0 Å². The lowest BCUT2D eigenvalue weighted by Gasteiger charge is -2.42. The molecule has 0 aromatic rings. The summed E-state index contributed by atoms with van der Waals surface area (Å²) in [6, 6.07) is -0.993. The van der Waals surface area contributed by atoms with Crippen LogP contribution >= 0.6 is 0 Å². The monoisotopic (exact) mass is 301 g/mol. The number of aliphatic imine (C=N–C) groups is 1. The molecule has 4 amide bonds. The first-order chi connectivity index (χ1) is 9.70. The number of urea groups is 1. The number of carbonyl (C=O) groups is 3. The van der Waals surface area contributed by atoms with E-state index in [1.807, 2.05) is 5.32 Å². The topological polar surface area (TPSA) is 172 Å².